The van der Waals surface area contributed by atoms with Gasteiger partial charge in [-0.3, -0.25) is 0 Å². The van der Waals surface area contributed by atoms with Crippen LogP contribution in [0.5, 0.6) is 0 Å². The minimum atomic E-state index is -0.455. The Kier molecular flexibility index (Phi) is 5.29. The second kappa shape index (κ2) is 7.41. The van der Waals surface area contributed by atoms with Crippen molar-refractivity contribution in [1.29, 1.82) is 0 Å². The monoisotopic (exact) mass is 430 g/mol. The van der Waals surface area contributed by atoms with Crippen molar-refractivity contribution in [2.24, 2.45) is 39.9 Å². The summed E-state index contributed by atoms with van der Waals surface area (Å²) in [6, 6.07) is 0. The Morgan fingerprint density at radius 1 is 0.968 bits per heavy atom. The lowest BCUT2D eigenvalue weighted by Crippen LogP contribution is -2.53. The van der Waals surface area contributed by atoms with Crippen LogP contribution in [0, 0.1) is 39.9 Å². The zero-order valence-electron chi connectivity index (χ0n) is 20.1. The molecule has 0 aromatic rings. The van der Waals surface area contributed by atoms with Gasteiger partial charge in [-0.1, -0.05) is 57.9 Å². The van der Waals surface area contributed by atoms with E-state index in [-0.39, 0.29) is 22.5 Å². The third-order valence-electron chi connectivity index (χ3n) is 10.1. The van der Waals surface area contributed by atoms with Crippen molar-refractivity contribution in [2.75, 3.05) is 13.2 Å². The molecule has 2 N–H and O–H groups in total. The molecule has 0 aromatic heterocycles. The number of hydrogen-bond acceptors (Lipinski definition) is 4. The molecule has 0 aromatic carbocycles. The molecule has 0 bridgehead atoms. The SMILES string of the molecule is CC(C1OCC(C)(C)CO1)[C@H]1CC[C@H]2C3=CC=C4C[C@@H](O)C[C@H](O)[C@]4(C)[C@H]3CC[C@]12C. The van der Waals surface area contributed by atoms with E-state index in [4.69, 9.17) is 9.47 Å². The van der Waals surface area contributed by atoms with Crippen molar-refractivity contribution < 1.29 is 19.7 Å². The number of ether oxygens (including phenoxy) is 2. The highest BCUT2D eigenvalue weighted by molar-refractivity contribution is 5.40. The van der Waals surface area contributed by atoms with Crippen LogP contribution >= 0.6 is 0 Å². The quantitative estimate of drug-likeness (QED) is 0.657. The first-order valence-corrected chi connectivity index (χ1v) is 12.6. The maximum atomic E-state index is 11.1. The summed E-state index contributed by atoms with van der Waals surface area (Å²) in [5.41, 5.74) is 2.98. The molecule has 4 nitrogen and oxygen atoms in total. The molecule has 1 heterocycles. The maximum absolute atomic E-state index is 11.1. The highest BCUT2D eigenvalue weighted by Crippen LogP contribution is 2.66. The first-order chi connectivity index (χ1) is 14.6. The van der Waals surface area contributed by atoms with Gasteiger partial charge >= 0.3 is 0 Å². The van der Waals surface area contributed by atoms with E-state index in [1.807, 2.05) is 0 Å². The lowest BCUT2D eigenvalue weighted by Gasteiger charge is -2.56. The van der Waals surface area contributed by atoms with Crippen LogP contribution < -0.4 is 0 Å². The summed E-state index contributed by atoms with van der Waals surface area (Å²) >= 11 is 0. The van der Waals surface area contributed by atoms with E-state index >= 15 is 0 Å². The normalized spacial score (nSPS) is 48.2. The van der Waals surface area contributed by atoms with Crippen molar-refractivity contribution in [1.82, 2.24) is 0 Å². The fourth-order valence-corrected chi connectivity index (χ4v) is 8.15. The highest BCUT2D eigenvalue weighted by Gasteiger charge is 2.59. The van der Waals surface area contributed by atoms with Gasteiger partial charge < -0.3 is 19.7 Å². The van der Waals surface area contributed by atoms with Crippen LogP contribution in [0.1, 0.15) is 73.1 Å². The van der Waals surface area contributed by atoms with Crippen LogP contribution in [0.3, 0.4) is 0 Å². The van der Waals surface area contributed by atoms with Crippen molar-refractivity contribution in [3.8, 4) is 0 Å². The highest BCUT2D eigenvalue weighted by atomic mass is 16.7. The molecule has 1 unspecified atom stereocenters. The van der Waals surface area contributed by atoms with Crippen molar-refractivity contribution in [3.05, 3.63) is 23.3 Å². The van der Waals surface area contributed by atoms with Crippen LogP contribution in [-0.4, -0.2) is 41.9 Å². The smallest absolute Gasteiger partial charge is 0.160 e. The van der Waals surface area contributed by atoms with E-state index in [0.717, 1.165) is 19.6 Å². The number of hydrogen-bond donors (Lipinski definition) is 2. The van der Waals surface area contributed by atoms with Gasteiger partial charge in [-0.25, -0.2) is 0 Å². The average Bonchev–Trinajstić information content (AvgIpc) is 3.06. The summed E-state index contributed by atoms with van der Waals surface area (Å²) in [6.07, 6.45) is 9.67. The van der Waals surface area contributed by atoms with Gasteiger partial charge in [0.05, 0.1) is 25.4 Å². The van der Waals surface area contributed by atoms with Crippen molar-refractivity contribution >= 4 is 0 Å². The Bertz CT molecular complexity index is 774. The first-order valence-electron chi connectivity index (χ1n) is 12.6. The van der Waals surface area contributed by atoms with Crippen LogP contribution in [0.15, 0.2) is 23.3 Å². The standard InChI is InChI=1S/C27H42O4/c1-16(24-30-14-25(2,3)15-31-24)20-8-9-21-19-7-6-17-12-18(28)13-23(29)27(17,5)22(19)10-11-26(20,21)4/h6-7,16,18,20-24,28-29H,8-15H2,1-5H3/t16?,18-,20-,21+,22+,23+,26-,27+/m1/s1. The number of allylic oxidation sites excluding steroid dienone is 3. The lowest BCUT2D eigenvalue weighted by molar-refractivity contribution is -0.252. The Balaban J connectivity index is 1.39. The fourth-order valence-electron chi connectivity index (χ4n) is 8.15. The Morgan fingerprint density at radius 2 is 1.68 bits per heavy atom. The largest absolute Gasteiger partial charge is 0.393 e. The molecule has 3 saturated carbocycles. The zero-order chi connectivity index (χ0) is 22.2. The molecule has 0 amide bonds. The van der Waals surface area contributed by atoms with E-state index < -0.39 is 12.2 Å². The van der Waals surface area contributed by atoms with E-state index in [9.17, 15) is 10.2 Å². The van der Waals surface area contributed by atoms with E-state index in [1.165, 1.54) is 24.8 Å². The number of aliphatic hydroxyl groups excluding tert-OH is 2. The van der Waals surface area contributed by atoms with Crippen LogP contribution in [0.4, 0.5) is 0 Å². The third kappa shape index (κ3) is 3.31. The lowest BCUT2D eigenvalue weighted by atomic mass is 9.49. The van der Waals surface area contributed by atoms with E-state index in [0.29, 0.717) is 36.5 Å². The van der Waals surface area contributed by atoms with E-state index in [1.54, 1.807) is 5.57 Å². The minimum absolute atomic E-state index is 0.0858. The summed E-state index contributed by atoms with van der Waals surface area (Å²) in [4.78, 5) is 0. The second-order valence-electron chi connectivity index (χ2n) is 12.6. The van der Waals surface area contributed by atoms with Gasteiger partial charge in [-0.15, -0.1) is 0 Å². The maximum Gasteiger partial charge on any atom is 0.160 e. The molecule has 1 aliphatic heterocycles. The average molecular weight is 431 g/mol. The molecule has 31 heavy (non-hydrogen) atoms. The molecule has 5 aliphatic rings. The first kappa shape index (κ1) is 22.1. The van der Waals surface area contributed by atoms with Gasteiger partial charge in [0, 0.05) is 23.2 Å². The van der Waals surface area contributed by atoms with Gasteiger partial charge in [-0.2, -0.15) is 0 Å². The molecule has 5 rings (SSSR count). The molecular formula is C27H42O4. The number of aliphatic hydroxyl groups is 2. The molecule has 4 heteroatoms. The fraction of sp³-hybridized carbons (Fsp3) is 0.852. The van der Waals surface area contributed by atoms with Crippen LogP contribution in [0.2, 0.25) is 0 Å². The summed E-state index contributed by atoms with van der Waals surface area (Å²) < 4.78 is 12.4. The molecule has 0 radical (unpaired) electrons. The molecule has 1 saturated heterocycles. The molecule has 0 spiro atoms. The summed E-state index contributed by atoms with van der Waals surface area (Å²) in [7, 11) is 0. The second-order valence-corrected chi connectivity index (χ2v) is 12.6. The Labute approximate surface area is 188 Å². The molecular weight excluding hydrogens is 388 g/mol. The van der Waals surface area contributed by atoms with Crippen LogP contribution in [0.25, 0.3) is 0 Å². The van der Waals surface area contributed by atoms with E-state index in [2.05, 4.69) is 46.8 Å². The Morgan fingerprint density at radius 3 is 2.39 bits per heavy atom. The van der Waals surface area contributed by atoms with Gasteiger partial charge in [0.1, 0.15) is 0 Å². The van der Waals surface area contributed by atoms with Gasteiger partial charge in [0.15, 0.2) is 6.29 Å². The minimum Gasteiger partial charge on any atom is -0.393 e. The van der Waals surface area contributed by atoms with Gasteiger partial charge in [0.25, 0.3) is 0 Å². The zero-order valence-corrected chi connectivity index (χ0v) is 20.1. The van der Waals surface area contributed by atoms with Gasteiger partial charge in [0.2, 0.25) is 0 Å². The topological polar surface area (TPSA) is 58.9 Å². The predicted molar refractivity (Wildman–Crippen MR) is 121 cm³/mol. The Hall–Kier alpha value is -0.680. The number of rotatable bonds is 2. The third-order valence-corrected chi connectivity index (χ3v) is 10.1. The summed E-state index contributed by atoms with van der Waals surface area (Å²) in [6.45, 7) is 13.1. The number of fused-ring (bicyclic) bond motifs is 5. The molecule has 174 valence electrons. The van der Waals surface area contributed by atoms with Gasteiger partial charge in [-0.05, 0) is 55.3 Å². The predicted octanol–water partition coefficient (Wildman–Crippen LogP) is 4.85. The summed E-state index contributed by atoms with van der Waals surface area (Å²) in [5, 5.41) is 21.3. The van der Waals surface area contributed by atoms with Crippen molar-refractivity contribution in [2.45, 2.75) is 91.6 Å². The van der Waals surface area contributed by atoms with Crippen LogP contribution in [-0.2, 0) is 9.47 Å². The molecule has 8 atom stereocenters. The molecule has 4 aliphatic carbocycles. The summed E-state index contributed by atoms with van der Waals surface area (Å²) in [5.74, 6) is 1.98. The molecule has 4 fully saturated rings. The van der Waals surface area contributed by atoms with Crippen molar-refractivity contribution in [3.63, 3.8) is 0 Å².